The molecule has 0 N–H and O–H groups in total. The second kappa shape index (κ2) is 6.93. The van der Waals surface area contributed by atoms with Crippen molar-refractivity contribution in [2.75, 3.05) is 0 Å². The highest BCUT2D eigenvalue weighted by atomic mass is 19.4. The van der Waals surface area contributed by atoms with Gasteiger partial charge in [-0.25, -0.2) is 0 Å². The van der Waals surface area contributed by atoms with Crippen molar-refractivity contribution in [1.29, 1.82) is 0 Å². The van der Waals surface area contributed by atoms with Crippen molar-refractivity contribution in [3.8, 4) is 16.9 Å². The zero-order valence-electron chi connectivity index (χ0n) is 12.5. The summed E-state index contributed by atoms with van der Waals surface area (Å²) in [5, 5.41) is 0. The normalized spacial score (nSPS) is 12.3. The number of hydrogen-bond acceptors (Lipinski definition) is 2. The Bertz CT molecular complexity index is 809. The topological polar surface area (TPSA) is 26.3 Å². The molecular weight excluding hydrogens is 376 g/mol. The van der Waals surface area contributed by atoms with E-state index in [2.05, 4.69) is 4.74 Å². The quantitative estimate of drug-likeness (QED) is 0.492. The molecule has 0 unspecified atom stereocenters. The Hall–Kier alpha value is -2.65. The van der Waals surface area contributed by atoms with Crippen LogP contribution in [0.3, 0.4) is 0 Å². The first kappa shape index (κ1) is 19.7. The second-order valence-corrected chi connectivity index (χ2v) is 5.04. The molecule has 0 heterocycles. The van der Waals surface area contributed by atoms with E-state index in [1.54, 1.807) is 0 Å². The van der Waals surface area contributed by atoms with Crippen molar-refractivity contribution in [3.05, 3.63) is 53.1 Å². The fourth-order valence-corrected chi connectivity index (χ4v) is 2.22. The maximum atomic E-state index is 13.2. The van der Waals surface area contributed by atoms with Crippen LogP contribution in [0.4, 0.5) is 35.1 Å². The predicted molar refractivity (Wildman–Crippen MR) is 73.9 cm³/mol. The molecule has 10 heteroatoms. The molecule has 0 aromatic heterocycles. The van der Waals surface area contributed by atoms with Crippen molar-refractivity contribution in [2.24, 2.45) is 0 Å². The molecule has 0 saturated heterocycles. The van der Waals surface area contributed by atoms with Gasteiger partial charge in [0.1, 0.15) is 12.0 Å². The summed E-state index contributed by atoms with van der Waals surface area (Å²) < 4.78 is 107. The Morgan fingerprint density at radius 3 is 2.04 bits per heavy atom. The number of rotatable bonds is 4. The van der Waals surface area contributed by atoms with E-state index in [9.17, 15) is 39.9 Å². The molecule has 0 radical (unpaired) electrons. The first-order valence-corrected chi connectivity index (χ1v) is 6.75. The average molecular weight is 384 g/mol. The van der Waals surface area contributed by atoms with E-state index in [-0.39, 0.29) is 30.0 Å². The number of hydrogen-bond donors (Lipinski definition) is 0. The van der Waals surface area contributed by atoms with Crippen LogP contribution >= 0.6 is 0 Å². The van der Waals surface area contributed by atoms with Crippen molar-refractivity contribution in [2.45, 2.75) is 19.0 Å². The van der Waals surface area contributed by atoms with Crippen molar-refractivity contribution in [3.63, 3.8) is 0 Å². The Balaban J connectivity index is 2.74. The number of carbonyl (C=O) groups excluding carboxylic acids is 1. The van der Waals surface area contributed by atoms with E-state index in [4.69, 9.17) is 0 Å². The molecule has 0 atom stereocenters. The highest BCUT2D eigenvalue weighted by Crippen LogP contribution is 2.41. The summed E-state index contributed by atoms with van der Waals surface area (Å²) in [5.41, 5.74) is -4.58. The number of ether oxygens (including phenoxy) is 1. The molecule has 0 fully saturated rings. The molecule has 0 amide bonds. The Labute approximate surface area is 141 Å². The first-order valence-electron chi connectivity index (χ1n) is 6.75. The molecule has 2 nitrogen and oxygen atoms in total. The largest absolute Gasteiger partial charge is 0.435 e. The fourth-order valence-electron chi connectivity index (χ4n) is 2.22. The third kappa shape index (κ3) is 4.50. The lowest BCUT2D eigenvalue weighted by Gasteiger charge is -2.17. The number of benzene rings is 2. The molecule has 0 aliphatic heterocycles. The van der Waals surface area contributed by atoms with Crippen LogP contribution in [0.1, 0.15) is 21.5 Å². The van der Waals surface area contributed by atoms with Crippen LogP contribution in [0.5, 0.6) is 5.75 Å². The molecule has 0 bridgehead atoms. The van der Waals surface area contributed by atoms with Gasteiger partial charge in [0.25, 0.3) is 0 Å². The van der Waals surface area contributed by atoms with Crippen LogP contribution in [0, 0.1) is 0 Å². The predicted octanol–water partition coefficient (Wildman–Crippen LogP) is 5.81. The van der Waals surface area contributed by atoms with E-state index in [1.165, 1.54) is 0 Å². The van der Waals surface area contributed by atoms with E-state index >= 15 is 0 Å². The van der Waals surface area contributed by atoms with Crippen LogP contribution in [0.15, 0.2) is 36.4 Å². The van der Waals surface area contributed by atoms with Gasteiger partial charge in [0.15, 0.2) is 0 Å². The van der Waals surface area contributed by atoms with Gasteiger partial charge in [-0.3, -0.25) is 4.79 Å². The molecule has 26 heavy (non-hydrogen) atoms. The summed E-state index contributed by atoms with van der Waals surface area (Å²) in [5.74, 6) is -0.662. The van der Waals surface area contributed by atoms with Gasteiger partial charge in [0.05, 0.1) is 11.1 Å². The Kier molecular flexibility index (Phi) is 5.24. The molecule has 0 aliphatic rings. The van der Waals surface area contributed by atoms with Gasteiger partial charge in [-0.1, -0.05) is 0 Å². The summed E-state index contributed by atoms with van der Waals surface area (Å²) >= 11 is 0. The lowest BCUT2D eigenvalue weighted by atomic mass is 9.95. The second-order valence-electron chi connectivity index (χ2n) is 5.04. The molecule has 2 aromatic carbocycles. The summed E-state index contributed by atoms with van der Waals surface area (Å²) in [6.07, 6.45) is -9.80. The third-order valence-electron chi connectivity index (χ3n) is 3.25. The molecular formula is C16H8F8O2. The van der Waals surface area contributed by atoms with Gasteiger partial charge in [-0.2, -0.15) is 35.1 Å². The highest BCUT2D eigenvalue weighted by molar-refractivity contribution is 5.81. The maximum absolute atomic E-state index is 13.2. The summed E-state index contributed by atoms with van der Waals surface area (Å²) in [4.78, 5) is 10.9. The molecule has 2 rings (SSSR count). The molecule has 0 aliphatic carbocycles. The maximum Gasteiger partial charge on any atom is 0.417 e. The monoisotopic (exact) mass is 384 g/mol. The number of aldehydes is 1. The van der Waals surface area contributed by atoms with Crippen LogP contribution in [0.2, 0.25) is 0 Å². The van der Waals surface area contributed by atoms with E-state index in [1.807, 2.05) is 0 Å². The lowest BCUT2D eigenvalue weighted by Crippen LogP contribution is -2.11. The van der Waals surface area contributed by atoms with Gasteiger partial charge in [0.2, 0.25) is 0 Å². The zero-order valence-corrected chi connectivity index (χ0v) is 12.5. The van der Waals surface area contributed by atoms with Gasteiger partial charge in [-0.05, 0) is 47.5 Å². The Morgan fingerprint density at radius 2 is 1.54 bits per heavy atom. The van der Waals surface area contributed by atoms with Crippen molar-refractivity contribution < 1.29 is 44.7 Å². The third-order valence-corrected chi connectivity index (χ3v) is 3.25. The minimum Gasteiger partial charge on any atom is -0.435 e. The summed E-state index contributed by atoms with van der Waals surface area (Å²) in [6, 6.07) is 3.09. The first-order chi connectivity index (χ1) is 11.9. The minimum absolute atomic E-state index is 0.142. The summed E-state index contributed by atoms with van der Waals surface area (Å²) in [6.45, 7) is -3.34. The van der Waals surface area contributed by atoms with Crippen LogP contribution in [0.25, 0.3) is 11.1 Å². The van der Waals surface area contributed by atoms with Gasteiger partial charge < -0.3 is 4.74 Å². The molecule has 0 spiro atoms. The van der Waals surface area contributed by atoms with E-state index < -0.39 is 47.0 Å². The Morgan fingerprint density at radius 1 is 0.885 bits per heavy atom. The fraction of sp³-hybridized carbons (Fsp3) is 0.188. The minimum atomic E-state index is -5.01. The van der Waals surface area contributed by atoms with E-state index in [0.29, 0.717) is 6.07 Å². The molecule has 0 saturated carbocycles. The van der Waals surface area contributed by atoms with Crippen molar-refractivity contribution in [1.82, 2.24) is 0 Å². The number of halogens is 8. The van der Waals surface area contributed by atoms with Crippen LogP contribution in [-0.2, 0) is 12.4 Å². The van der Waals surface area contributed by atoms with Gasteiger partial charge in [0, 0.05) is 5.56 Å². The standard InChI is InChI=1S/C16H8F8O2/c17-14(18)26-11-4-8(7-25)3-9(5-11)12-6-10(15(19,20)21)1-2-13(12)16(22,23)24/h1-7,14H. The SMILES string of the molecule is O=Cc1cc(OC(F)F)cc(-c2cc(C(F)(F)F)ccc2C(F)(F)F)c1. The molecule has 2 aromatic rings. The zero-order chi connectivity index (χ0) is 19.7. The molecule has 140 valence electrons. The van der Waals surface area contributed by atoms with Crippen LogP contribution in [-0.4, -0.2) is 12.9 Å². The average Bonchev–Trinajstić information content (AvgIpc) is 2.51. The van der Waals surface area contributed by atoms with Gasteiger partial charge in [-0.15, -0.1) is 0 Å². The number of carbonyl (C=O) groups is 1. The van der Waals surface area contributed by atoms with Gasteiger partial charge >= 0.3 is 19.0 Å². The van der Waals surface area contributed by atoms with Crippen molar-refractivity contribution >= 4 is 6.29 Å². The number of alkyl halides is 8. The van der Waals surface area contributed by atoms with E-state index in [0.717, 1.165) is 12.1 Å². The smallest absolute Gasteiger partial charge is 0.417 e. The van der Waals surface area contributed by atoms with Crippen LogP contribution < -0.4 is 4.74 Å². The summed E-state index contributed by atoms with van der Waals surface area (Å²) in [7, 11) is 0. The lowest BCUT2D eigenvalue weighted by molar-refractivity contribution is -0.141. The highest BCUT2D eigenvalue weighted by Gasteiger charge is 2.37.